The molecular formula is C14H29OPS2. The van der Waals surface area contributed by atoms with Crippen LogP contribution in [0.2, 0.25) is 0 Å². The average molecular weight is 308 g/mol. The summed E-state index contributed by atoms with van der Waals surface area (Å²) in [5, 5.41) is 0. The van der Waals surface area contributed by atoms with Gasteiger partial charge >= 0.3 is 0 Å². The van der Waals surface area contributed by atoms with E-state index in [1.54, 1.807) is 22.8 Å². The summed E-state index contributed by atoms with van der Waals surface area (Å²) in [7, 11) is 0. The van der Waals surface area contributed by atoms with Crippen LogP contribution in [0, 0.1) is 5.92 Å². The molecule has 1 nitrogen and oxygen atoms in total. The van der Waals surface area contributed by atoms with Crippen molar-refractivity contribution >= 4 is 28.3 Å². The maximum Gasteiger partial charge on any atom is 0.191 e. The highest BCUT2D eigenvalue weighted by atomic mass is 33.1. The van der Waals surface area contributed by atoms with Gasteiger partial charge in [0.15, 0.2) is 5.55 Å². The Kier molecular flexibility index (Phi) is 9.22. The van der Waals surface area contributed by atoms with Crippen LogP contribution < -0.4 is 0 Å². The van der Waals surface area contributed by atoms with Crippen LogP contribution in [0.4, 0.5) is 0 Å². The van der Waals surface area contributed by atoms with E-state index in [1.807, 2.05) is 0 Å². The van der Waals surface area contributed by atoms with E-state index >= 15 is 0 Å². The van der Waals surface area contributed by atoms with Crippen molar-refractivity contribution in [2.24, 2.45) is 5.92 Å². The van der Waals surface area contributed by atoms with Crippen LogP contribution >= 0.6 is 28.3 Å². The van der Waals surface area contributed by atoms with Crippen LogP contribution in [0.1, 0.15) is 65.2 Å². The average Bonchev–Trinajstić information content (AvgIpc) is 2.34. The van der Waals surface area contributed by atoms with E-state index in [2.05, 4.69) is 13.8 Å². The van der Waals surface area contributed by atoms with E-state index in [9.17, 15) is 4.57 Å². The smallest absolute Gasteiger partial charge is 0.191 e. The van der Waals surface area contributed by atoms with Gasteiger partial charge in [0.1, 0.15) is 0 Å². The van der Waals surface area contributed by atoms with Gasteiger partial charge in [-0.25, -0.2) is 0 Å². The maximum atomic E-state index is 12.5. The summed E-state index contributed by atoms with van der Waals surface area (Å²) in [6, 6.07) is 0. The molecule has 0 radical (unpaired) electrons. The van der Waals surface area contributed by atoms with Crippen molar-refractivity contribution in [3.63, 3.8) is 0 Å². The van der Waals surface area contributed by atoms with Crippen molar-refractivity contribution < 1.29 is 4.57 Å². The molecule has 0 aromatic heterocycles. The van der Waals surface area contributed by atoms with Gasteiger partial charge < -0.3 is 4.57 Å². The van der Waals surface area contributed by atoms with Gasteiger partial charge in [-0.15, -0.1) is 0 Å². The first-order valence-electron chi connectivity index (χ1n) is 7.54. The third-order valence-corrected chi connectivity index (χ3v) is 12.5. The van der Waals surface area contributed by atoms with Gasteiger partial charge in [0.05, 0.1) is 0 Å². The zero-order valence-electron chi connectivity index (χ0n) is 12.0. The molecule has 0 saturated carbocycles. The van der Waals surface area contributed by atoms with Gasteiger partial charge in [0, 0.05) is 17.7 Å². The number of hydrogen-bond donors (Lipinski definition) is 0. The van der Waals surface area contributed by atoms with E-state index in [-0.39, 0.29) is 0 Å². The fourth-order valence-corrected chi connectivity index (χ4v) is 11.7. The minimum Gasteiger partial charge on any atom is -0.300 e. The predicted octanol–water partition coefficient (Wildman–Crippen LogP) is 6.44. The SMILES string of the molecule is CCCCCCCCC(C)CP1(=O)SCCCS1. The fourth-order valence-electron chi connectivity index (χ4n) is 2.36. The highest BCUT2D eigenvalue weighted by molar-refractivity contribution is 8.90. The number of rotatable bonds is 9. The van der Waals surface area contributed by atoms with Crippen molar-refractivity contribution in [3.8, 4) is 0 Å². The zero-order chi connectivity index (χ0) is 13.3. The van der Waals surface area contributed by atoms with E-state index in [0.29, 0.717) is 5.92 Å². The summed E-state index contributed by atoms with van der Waals surface area (Å²) >= 11 is 3.53. The zero-order valence-corrected chi connectivity index (χ0v) is 14.6. The van der Waals surface area contributed by atoms with Crippen molar-refractivity contribution in [2.45, 2.75) is 65.2 Å². The monoisotopic (exact) mass is 308 g/mol. The Hall–Kier alpha value is 0.930. The van der Waals surface area contributed by atoms with Crippen LogP contribution in [-0.4, -0.2) is 17.7 Å². The highest BCUT2D eigenvalue weighted by Crippen LogP contribution is 2.72. The molecule has 1 fully saturated rings. The Morgan fingerprint density at radius 3 is 2.33 bits per heavy atom. The molecule has 0 spiro atoms. The van der Waals surface area contributed by atoms with Gasteiger partial charge in [-0.3, -0.25) is 0 Å². The molecule has 108 valence electrons. The second-order valence-corrected chi connectivity index (χ2v) is 14.2. The lowest BCUT2D eigenvalue weighted by molar-refractivity contribution is 0.511. The normalized spacial score (nSPS) is 20.8. The van der Waals surface area contributed by atoms with Crippen LogP contribution in [0.5, 0.6) is 0 Å². The van der Waals surface area contributed by atoms with Crippen molar-refractivity contribution in [3.05, 3.63) is 0 Å². The molecule has 18 heavy (non-hydrogen) atoms. The molecule has 1 atom stereocenters. The van der Waals surface area contributed by atoms with Crippen LogP contribution in [0.25, 0.3) is 0 Å². The van der Waals surface area contributed by atoms with Crippen LogP contribution in [0.15, 0.2) is 0 Å². The minimum atomic E-state index is -1.90. The quantitative estimate of drug-likeness (QED) is 0.360. The van der Waals surface area contributed by atoms with Crippen molar-refractivity contribution in [1.82, 2.24) is 0 Å². The van der Waals surface area contributed by atoms with E-state index in [0.717, 1.165) is 17.7 Å². The van der Waals surface area contributed by atoms with Gasteiger partial charge in [-0.05, 0) is 12.3 Å². The number of unbranched alkanes of at least 4 members (excludes halogenated alkanes) is 5. The first-order chi connectivity index (χ1) is 8.66. The topological polar surface area (TPSA) is 17.1 Å². The largest absolute Gasteiger partial charge is 0.300 e. The second kappa shape index (κ2) is 9.77. The Morgan fingerprint density at radius 1 is 1.06 bits per heavy atom. The fraction of sp³-hybridized carbons (Fsp3) is 1.00. The van der Waals surface area contributed by atoms with Crippen molar-refractivity contribution in [1.29, 1.82) is 0 Å². The third-order valence-electron chi connectivity index (χ3n) is 3.45. The molecule has 4 heteroatoms. The van der Waals surface area contributed by atoms with Crippen LogP contribution in [-0.2, 0) is 4.57 Å². The summed E-state index contributed by atoms with van der Waals surface area (Å²) in [5.41, 5.74) is -1.90. The standard InChI is InChI=1S/C14H29OPS2/c1-3-4-5-6-7-8-10-14(2)13-16(15)17-11-9-12-18-16/h14H,3-13H2,1-2H3. The third kappa shape index (κ3) is 7.50. The Labute approximate surface area is 122 Å². The molecular weight excluding hydrogens is 279 g/mol. The molecule has 0 aromatic carbocycles. The Morgan fingerprint density at radius 2 is 1.67 bits per heavy atom. The number of hydrogen-bond acceptors (Lipinski definition) is 3. The summed E-state index contributed by atoms with van der Waals surface area (Å²) in [4.78, 5) is 0. The van der Waals surface area contributed by atoms with E-state index in [1.165, 1.54) is 51.4 Å². The lowest BCUT2D eigenvalue weighted by Gasteiger charge is -2.24. The maximum absolute atomic E-state index is 12.5. The molecule has 1 heterocycles. The van der Waals surface area contributed by atoms with Crippen molar-refractivity contribution in [2.75, 3.05) is 17.7 Å². The molecule has 0 N–H and O–H groups in total. The van der Waals surface area contributed by atoms with Gasteiger partial charge in [0.25, 0.3) is 0 Å². The van der Waals surface area contributed by atoms with E-state index < -0.39 is 5.55 Å². The first kappa shape index (κ1) is 17.0. The van der Waals surface area contributed by atoms with E-state index in [4.69, 9.17) is 0 Å². The summed E-state index contributed by atoms with van der Waals surface area (Å²) < 4.78 is 12.5. The Balaban J connectivity index is 2.06. The molecule has 1 rings (SSSR count). The molecule has 1 unspecified atom stereocenters. The van der Waals surface area contributed by atoms with Gasteiger partial charge in [-0.2, -0.15) is 0 Å². The molecule has 0 bridgehead atoms. The van der Waals surface area contributed by atoms with Gasteiger partial charge in [-0.1, -0.05) is 81.6 Å². The molecule has 0 amide bonds. The summed E-state index contributed by atoms with van der Waals surface area (Å²) in [5.74, 6) is 2.89. The predicted molar refractivity (Wildman–Crippen MR) is 89.2 cm³/mol. The lowest BCUT2D eigenvalue weighted by atomic mass is 10.0. The minimum absolute atomic E-state index is 0.653. The molecule has 0 aliphatic carbocycles. The molecule has 1 aliphatic rings. The summed E-state index contributed by atoms with van der Waals surface area (Å²) in [6.45, 7) is 4.56. The van der Waals surface area contributed by atoms with Crippen LogP contribution in [0.3, 0.4) is 0 Å². The molecule has 0 aromatic rings. The lowest BCUT2D eigenvalue weighted by Crippen LogP contribution is -2.03. The highest BCUT2D eigenvalue weighted by Gasteiger charge is 2.28. The molecule has 1 aliphatic heterocycles. The second-order valence-electron chi connectivity index (χ2n) is 5.48. The molecule has 1 saturated heterocycles. The van der Waals surface area contributed by atoms with Gasteiger partial charge in [0.2, 0.25) is 0 Å². The first-order valence-corrected chi connectivity index (χ1v) is 12.6. The Bertz CT molecular complexity index is 248. The summed E-state index contributed by atoms with van der Waals surface area (Å²) in [6.07, 6.45) is 11.7.